The van der Waals surface area contributed by atoms with Crippen LogP contribution in [0.1, 0.15) is 20.8 Å². The van der Waals surface area contributed by atoms with Crippen molar-refractivity contribution in [1.29, 1.82) is 0 Å². The third-order valence-corrected chi connectivity index (χ3v) is 3.03. The van der Waals surface area contributed by atoms with Crippen LogP contribution in [-0.4, -0.2) is 13.3 Å². The van der Waals surface area contributed by atoms with Gasteiger partial charge < -0.3 is 9.47 Å². The molecule has 3 heteroatoms. The molecule has 0 aliphatic carbocycles. The van der Waals surface area contributed by atoms with E-state index in [1.165, 1.54) is 7.11 Å². The van der Waals surface area contributed by atoms with Crippen LogP contribution in [0.2, 0.25) is 0 Å². The van der Waals surface area contributed by atoms with Crippen molar-refractivity contribution in [3.05, 3.63) is 73.1 Å². The highest BCUT2D eigenvalue weighted by Gasteiger charge is 2.22. The zero-order valence-electron chi connectivity index (χ0n) is 13.4. The van der Waals surface area contributed by atoms with E-state index in [0.717, 1.165) is 16.7 Å². The molecule has 0 N–H and O–H groups in total. The van der Waals surface area contributed by atoms with Crippen molar-refractivity contribution >= 4 is 6.16 Å². The molecule has 0 amide bonds. The van der Waals surface area contributed by atoms with Gasteiger partial charge in [0, 0.05) is 5.41 Å². The largest absolute Gasteiger partial charge is 0.513 e. The van der Waals surface area contributed by atoms with Gasteiger partial charge in [0.15, 0.2) is 0 Å². The molecular formula is C18H24O3. The van der Waals surface area contributed by atoms with Gasteiger partial charge in [0.1, 0.15) is 5.76 Å². The monoisotopic (exact) mass is 288 g/mol. The average Bonchev–Trinajstić information content (AvgIpc) is 2.41. The fraction of sp³-hybridized carbons (Fsp3) is 0.278. The minimum absolute atomic E-state index is 0.182. The van der Waals surface area contributed by atoms with Gasteiger partial charge >= 0.3 is 6.16 Å². The second-order valence-corrected chi connectivity index (χ2v) is 5.21. The first kappa shape index (κ1) is 18.7. The van der Waals surface area contributed by atoms with Crippen LogP contribution in [0.5, 0.6) is 0 Å². The Morgan fingerprint density at radius 1 is 0.952 bits per heavy atom. The van der Waals surface area contributed by atoms with E-state index in [9.17, 15) is 4.79 Å². The summed E-state index contributed by atoms with van der Waals surface area (Å²) < 4.78 is 9.15. The molecule has 0 bridgehead atoms. The summed E-state index contributed by atoms with van der Waals surface area (Å²) in [5.41, 5.74) is 2.33. The summed E-state index contributed by atoms with van der Waals surface area (Å²) in [5, 5.41) is 0. The molecule has 0 fully saturated rings. The fourth-order valence-corrected chi connectivity index (χ4v) is 1.24. The molecule has 0 aromatic heterocycles. The predicted octanol–water partition coefficient (Wildman–Crippen LogP) is 5.11. The Morgan fingerprint density at radius 3 is 1.86 bits per heavy atom. The molecule has 21 heavy (non-hydrogen) atoms. The molecule has 0 spiro atoms. The number of carbonyl (C=O) groups excluding carboxylic acids is 1. The molecule has 0 aliphatic heterocycles. The van der Waals surface area contributed by atoms with Gasteiger partial charge in [0.25, 0.3) is 0 Å². The quantitative estimate of drug-likeness (QED) is 0.371. The first-order valence-electron chi connectivity index (χ1n) is 6.46. The highest BCUT2D eigenvalue weighted by atomic mass is 16.7. The van der Waals surface area contributed by atoms with E-state index in [-0.39, 0.29) is 11.2 Å². The van der Waals surface area contributed by atoms with Crippen LogP contribution in [0, 0.1) is 5.41 Å². The molecule has 0 saturated carbocycles. The van der Waals surface area contributed by atoms with Crippen molar-refractivity contribution in [1.82, 2.24) is 0 Å². The smallest absolute Gasteiger partial charge is 0.437 e. The number of carbonyl (C=O) groups is 1. The average molecular weight is 288 g/mol. The molecule has 114 valence electrons. The van der Waals surface area contributed by atoms with Gasteiger partial charge in [-0.3, -0.25) is 0 Å². The minimum atomic E-state index is -0.802. The van der Waals surface area contributed by atoms with Gasteiger partial charge in [-0.2, -0.15) is 0 Å². The van der Waals surface area contributed by atoms with E-state index in [1.54, 1.807) is 12.2 Å². The number of methoxy groups -OCH3 is 1. The topological polar surface area (TPSA) is 35.5 Å². The van der Waals surface area contributed by atoms with Gasteiger partial charge in [0.2, 0.25) is 0 Å². The number of allylic oxidation sites excluding steroid dienone is 7. The van der Waals surface area contributed by atoms with Gasteiger partial charge in [-0.05, 0) is 24.1 Å². The second kappa shape index (κ2) is 8.10. The van der Waals surface area contributed by atoms with Crippen molar-refractivity contribution in [2.24, 2.45) is 5.41 Å². The van der Waals surface area contributed by atoms with E-state index in [1.807, 2.05) is 32.9 Å². The lowest BCUT2D eigenvalue weighted by atomic mass is 9.78. The van der Waals surface area contributed by atoms with Gasteiger partial charge in [-0.15, -0.1) is 0 Å². The van der Waals surface area contributed by atoms with Crippen LogP contribution in [-0.2, 0) is 9.47 Å². The van der Waals surface area contributed by atoms with Crippen LogP contribution in [0.4, 0.5) is 4.79 Å². The first-order valence-corrected chi connectivity index (χ1v) is 6.46. The van der Waals surface area contributed by atoms with Crippen LogP contribution < -0.4 is 0 Å². The highest BCUT2D eigenvalue weighted by molar-refractivity contribution is 5.61. The molecule has 0 heterocycles. The minimum Gasteiger partial charge on any atom is -0.437 e. The zero-order chi connectivity index (χ0) is 16.6. The maximum Gasteiger partial charge on any atom is 0.513 e. The molecule has 0 aromatic rings. The number of ether oxygens (including phenoxy) is 2. The van der Waals surface area contributed by atoms with Crippen molar-refractivity contribution in [2.75, 3.05) is 7.11 Å². The third-order valence-electron chi connectivity index (χ3n) is 3.03. The molecule has 0 aromatic carbocycles. The van der Waals surface area contributed by atoms with Crippen LogP contribution in [0.25, 0.3) is 0 Å². The van der Waals surface area contributed by atoms with Gasteiger partial charge in [-0.1, -0.05) is 64.0 Å². The van der Waals surface area contributed by atoms with Gasteiger partial charge in [0.05, 0.1) is 7.11 Å². The van der Waals surface area contributed by atoms with Crippen LogP contribution >= 0.6 is 0 Å². The molecule has 3 nitrogen and oxygen atoms in total. The zero-order valence-corrected chi connectivity index (χ0v) is 13.4. The second-order valence-electron chi connectivity index (χ2n) is 5.21. The predicted molar refractivity (Wildman–Crippen MR) is 87.8 cm³/mol. The fourth-order valence-electron chi connectivity index (χ4n) is 1.24. The summed E-state index contributed by atoms with van der Waals surface area (Å²) in [4.78, 5) is 10.9. The molecule has 0 aliphatic rings. The Kier molecular flexibility index (Phi) is 7.22. The van der Waals surface area contributed by atoms with E-state index in [4.69, 9.17) is 4.74 Å². The van der Waals surface area contributed by atoms with Crippen molar-refractivity contribution in [3.8, 4) is 0 Å². The van der Waals surface area contributed by atoms with E-state index in [2.05, 4.69) is 31.1 Å². The third kappa shape index (κ3) is 6.61. The van der Waals surface area contributed by atoms with Crippen LogP contribution in [0.3, 0.4) is 0 Å². The lowest BCUT2D eigenvalue weighted by Crippen LogP contribution is -2.14. The normalized spacial score (nSPS) is 11.4. The summed E-state index contributed by atoms with van der Waals surface area (Å²) in [7, 11) is 1.24. The molecule has 0 unspecified atom stereocenters. The van der Waals surface area contributed by atoms with Crippen molar-refractivity contribution in [3.63, 3.8) is 0 Å². The van der Waals surface area contributed by atoms with Crippen molar-refractivity contribution < 1.29 is 14.3 Å². The van der Waals surface area contributed by atoms with Crippen LogP contribution in [0.15, 0.2) is 73.1 Å². The Morgan fingerprint density at radius 2 is 1.43 bits per heavy atom. The maximum atomic E-state index is 10.9. The Hall–Kier alpha value is -2.29. The summed E-state index contributed by atoms with van der Waals surface area (Å²) in [6.45, 7) is 21.4. The first-order chi connectivity index (χ1) is 9.61. The summed E-state index contributed by atoms with van der Waals surface area (Å²) in [6, 6.07) is 0. The number of hydrogen-bond acceptors (Lipinski definition) is 3. The molecule has 0 radical (unpaired) electrons. The van der Waals surface area contributed by atoms with Gasteiger partial charge in [-0.25, -0.2) is 4.79 Å². The number of rotatable bonds is 7. The lowest BCUT2D eigenvalue weighted by molar-refractivity contribution is 0.100. The van der Waals surface area contributed by atoms with E-state index in [0.29, 0.717) is 0 Å². The van der Waals surface area contributed by atoms with E-state index < -0.39 is 6.16 Å². The Labute approximate surface area is 127 Å². The summed E-state index contributed by atoms with van der Waals surface area (Å²) in [6.07, 6.45) is 6.33. The van der Waals surface area contributed by atoms with Crippen molar-refractivity contribution in [2.45, 2.75) is 20.8 Å². The maximum absolute atomic E-state index is 10.9. The molecule has 0 saturated heterocycles. The molecule has 0 atom stereocenters. The Bertz CT molecular complexity index is 517. The summed E-state index contributed by atoms with van der Waals surface area (Å²) >= 11 is 0. The Balaban J connectivity index is 4.83. The SMILES string of the molecule is C=C(C)/C=C\C(=C)C(C)(C)C(=C)/C=C\C(=C)OC(=O)OC. The highest BCUT2D eigenvalue weighted by Crippen LogP contribution is 2.34. The lowest BCUT2D eigenvalue weighted by Gasteiger charge is -2.26. The number of hydrogen-bond donors (Lipinski definition) is 0. The molecular weight excluding hydrogens is 264 g/mol. The standard InChI is InChI=1S/C18H24O3/c1-13(2)9-10-14(3)18(6,7)15(4)11-12-16(5)21-17(19)20-8/h9-12H,1,3-5H2,2,6-8H3/b10-9-,12-11-. The summed E-state index contributed by atoms with van der Waals surface area (Å²) in [5.74, 6) is 0.182. The molecule has 0 rings (SSSR count). The van der Waals surface area contributed by atoms with E-state index >= 15 is 0 Å².